The second-order valence-corrected chi connectivity index (χ2v) is 8.44. The van der Waals surface area contributed by atoms with Gasteiger partial charge in [-0.3, -0.25) is 9.59 Å². The van der Waals surface area contributed by atoms with Gasteiger partial charge in [-0.05, 0) is 19.1 Å². The summed E-state index contributed by atoms with van der Waals surface area (Å²) in [5.41, 5.74) is 1.59. The minimum Gasteiger partial charge on any atom is -0.492 e. The first-order valence-corrected chi connectivity index (χ1v) is 9.96. The molecule has 1 aliphatic rings. The van der Waals surface area contributed by atoms with E-state index in [0.717, 1.165) is 5.69 Å². The average Bonchev–Trinajstić information content (AvgIpc) is 3.22. The van der Waals surface area contributed by atoms with Crippen molar-refractivity contribution in [1.82, 2.24) is 4.98 Å². The van der Waals surface area contributed by atoms with Crippen molar-refractivity contribution in [2.24, 2.45) is 5.92 Å². The highest BCUT2D eigenvalue weighted by molar-refractivity contribution is 7.13. The molecule has 2 amide bonds. The summed E-state index contributed by atoms with van der Waals surface area (Å²) in [4.78, 5) is 31.3. The molecule has 0 aliphatic carbocycles. The van der Waals surface area contributed by atoms with Crippen LogP contribution in [0, 0.1) is 5.92 Å². The zero-order valence-corrected chi connectivity index (χ0v) is 16.9. The van der Waals surface area contributed by atoms with Crippen LogP contribution in [0.1, 0.15) is 39.8 Å². The van der Waals surface area contributed by atoms with Crippen molar-refractivity contribution in [3.05, 3.63) is 35.3 Å². The van der Waals surface area contributed by atoms with E-state index in [1.54, 1.807) is 4.90 Å². The van der Waals surface area contributed by atoms with Gasteiger partial charge in [-0.25, -0.2) is 4.98 Å². The quantitative estimate of drug-likeness (QED) is 0.846. The molecular weight excluding hydrogens is 362 g/mol. The molecule has 6 nitrogen and oxygen atoms in total. The van der Waals surface area contributed by atoms with E-state index in [1.807, 2.05) is 36.6 Å². The van der Waals surface area contributed by atoms with Crippen LogP contribution < -0.4 is 15.0 Å². The first-order valence-electron chi connectivity index (χ1n) is 9.08. The van der Waals surface area contributed by atoms with Crippen molar-refractivity contribution in [3.8, 4) is 5.75 Å². The zero-order valence-electron chi connectivity index (χ0n) is 16.1. The summed E-state index contributed by atoms with van der Waals surface area (Å²) in [6.45, 7) is 9.00. The van der Waals surface area contributed by atoms with Gasteiger partial charge < -0.3 is 15.0 Å². The third kappa shape index (κ3) is 4.30. The number of hydrogen-bond donors (Lipinski definition) is 1. The summed E-state index contributed by atoms with van der Waals surface area (Å²) >= 11 is 1.41. The zero-order chi connectivity index (χ0) is 19.6. The Morgan fingerprint density at radius 1 is 1.37 bits per heavy atom. The molecule has 0 saturated carbocycles. The van der Waals surface area contributed by atoms with E-state index in [4.69, 9.17) is 4.74 Å². The van der Waals surface area contributed by atoms with Gasteiger partial charge in [0.15, 0.2) is 5.13 Å². The summed E-state index contributed by atoms with van der Waals surface area (Å²) < 4.78 is 5.62. The molecule has 1 aromatic carbocycles. The lowest BCUT2D eigenvalue weighted by Crippen LogP contribution is -2.28. The van der Waals surface area contributed by atoms with Gasteiger partial charge in [0.25, 0.3) is 0 Å². The van der Waals surface area contributed by atoms with Gasteiger partial charge in [0.1, 0.15) is 5.75 Å². The maximum Gasteiger partial charge on any atom is 0.231 e. The number of ether oxygens (including phenoxy) is 1. The van der Waals surface area contributed by atoms with E-state index in [0.29, 0.717) is 29.7 Å². The standard InChI is InChI=1S/C20H25N3O3S/c1-5-26-15-9-7-6-8-14(15)23-11-13(10-17(23)24)18(25)22-19-21-16(12-27-19)20(2,3)4/h6-9,12-13H,5,10-11H2,1-4H3,(H,21,22,25)/t13-/m1/s1. The van der Waals surface area contributed by atoms with Crippen molar-refractivity contribution in [2.45, 2.75) is 39.5 Å². The minimum atomic E-state index is -0.408. The molecule has 2 heterocycles. The summed E-state index contributed by atoms with van der Waals surface area (Å²) in [5.74, 6) is 0.00435. The topological polar surface area (TPSA) is 71.5 Å². The maximum absolute atomic E-state index is 12.7. The molecule has 1 fully saturated rings. The largest absolute Gasteiger partial charge is 0.492 e. The third-order valence-corrected chi connectivity index (χ3v) is 5.21. The van der Waals surface area contributed by atoms with Gasteiger partial charge in [-0.15, -0.1) is 11.3 Å². The SMILES string of the molecule is CCOc1ccccc1N1C[C@H](C(=O)Nc2nc(C(C)(C)C)cs2)CC1=O. The van der Waals surface area contributed by atoms with Gasteiger partial charge in [-0.1, -0.05) is 32.9 Å². The number of amides is 2. The normalized spacial score (nSPS) is 17.3. The lowest BCUT2D eigenvalue weighted by Gasteiger charge is -2.20. The van der Waals surface area contributed by atoms with Crippen LogP contribution in [0.25, 0.3) is 0 Å². The smallest absolute Gasteiger partial charge is 0.231 e. The fourth-order valence-corrected chi connectivity index (χ4v) is 3.90. The number of rotatable bonds is 5. The number of benzene rings is 1. The molecule has 2 aromatic rings. The van der Waals surface area contributed by atoms with Gasteiger partial charge in [-0.2, -0.15) is 0 Å². The molecule has 0 radical (unpaired) electrons. The van der Waals surface area contributed by atoms with E-state index >= 15 is 0 Å². The van der Waals surface area contributed by atoms with Crippen molar-refractivity contribution in [2.75, 3.05) is 23.4 Å². The van der Waals surface area contributed by atoms with Crippen molar-refractivity contribution >= 4 is 34.0 Å². The number of anilines is 2. The summed E-state index contributed by atoms with van der Waals surface area (Å²) in [6.07, 6.45) is 0.184. The number of nitrogens with zero attached hydrogens (tertiary/aromatic N) is 2. The van der Waals surface area contributed by atoms with Crippen LogP contribution in [0.15, 0.2) is 29.6 Å². The Balaban J connectivity index is 1.70. The molecular formula is C20H25N3O3S. The van der Waals surface area contributed by atoms with Crippen molar-refractivity contribution in [1.29, 1.82) is 0 Å². The number of thiazole rings is 1. The average molecular weight is 388 g/mol. The Morgan fingerprint density at radius 2 is 2.11 bits per heavy atom. The molecule has 1 aliphatic heterocycles. The molecule has 3 rings (SSSR count). The van der Waals surface area contributed by atoms with E-state index in [-0.39, 0.29) is 23.7 Å². The van der Waals surface area contributed by atoms with Crippen LogP contribution in [-0.4, -0.2) is 29.9 Å². The van der Waals surface area contributed by atoms with Crippen LogP contribution in [0.2, 0.25) is 0 Å². The predicted octanol–water partition coefficient (Wildman–Crippen LogP) is 3.83. The molecule has 1 aromatic heterocycles. The molecule has 27 heavy (non-hydrogen) atoms. The number of aromatic nitrogens is 1. The molecule has 144 valence electrons. The highest BCUT2D eigenvalue weighted by Crippen LogP contribution is 2.34. The lowest BCUT2D eigenvalue weighted by molar-refractivity contribution is -0.122. The van der Waals surface area contributed by atoms with Crippen LogP contribution in [0.3, 0.4) is 0 Å². The Hall–Kier alpha value is -2.41. The fourth-order valence-electron chi connectivity index (χ4n) is 2.96. The molecule has 0 bridgehead atoms. The Kier molecular flexibility index (Phi) is 5.51. The molecule has 0 spiro atoms. The second-order valence-electron chi connectivity index (χ2n) is 7.58. The van der Waals surface area contributed by atoms with Gasteiger partial charge in [0.2, 0.25) is 11.8 Å². The number of carbonyl (C=O) groups is 2. The van der Waals surface area contributed by atoms with Crippen molar-refractivity contribution in [3.63, 3.8) is 0 Å². The number of hydrogen-bond acceptors (Lipinski definition) is 5. The van der Waals surface area contributed by atoms with Gasteiger partial charge in [0, 0.05) is 23.8 Å². The first kappa shape index (κ1) is 19.4. The second kappa shape index (κ2) is 7.68. The molecule has 0 unspecified atom stereocenters. The van der Waals surface area contributed by atoms with E-state index < -0.39 is 5.92 Å². The number of nitrogens with one attached hydrogen (secondary N) is 1. The van der Waals surface area contributed by atoms with Crippen LogP contribution in [-0.2, 0) is 15.0 Å². The van der Waals surface area contributed by atoms with Crippen LogP contribution >= 0.6 is 11.3 Å². The van der Waals surface area contributed by atoms with Gasteiger partial charge in [0.05, 0.1) is 23.9 Å². The third-order valence-electron chi connectivity index (χ3n) is 4.45. The van der Waals surface area contributed by atoms with Crippen molar-refractivity contribution < 1.29 is 14.3 Å². The molecule has 1 saturated heterocycles. The Bertz CT molecular complexity index is 841. The van der Waals surface area contributed by atoms with E-state index in [2.05, 4.69) is 31.1 Å². The van der Waals surface area contributed by atoms with Crippen LogP contribution in [0.4, 0.5) is 10.8 Å². The van der Waals surface area contributed by atoms with Gasteiger partial charge >= 0.3 is 0 Å². The highest BCUT2D eigenvalue weighted by Gasteiger charge is 2.36. The first-order chi connectivity index (χ1) is 12.8. The number of para-hydroxylation sites is 2. The molecule has 7 heteroatoms. The van der Waals surface area contributed by atoms with Crippen LogP contribution in [0.5, 0.6) is 5.75 Å². The minimum absolute atomic E-state index is 0.0669. The maximum atomic E-state index is 12.7. The van der Waals surface area contributed by atoms with E-state index in [1.165, 1.54) is 11.3 Å². The summed E-state index contributed by atoms with van der Waals surface area (Å²) in [5, 5.41) is 5.40. The Labute approximate surface area is 163 Å². The fraction of sp³-hybridized carbons (Fsp3) is 0.450. The monoisotopic (exact) mass is 387 g/mol. The summed E-state index contributed by atoms with van der Waals surface area (Å²) in [6, 6.07) is 7.42. The predicted molar refractivity (Wildman–Crippen MR) is 108 cm³/mol. The highest BCUT2D eigenvalue weighted by atomic mass is 32.1. The Morgan fingerprint density at radius 3 is 2.78 bits per heavy atom. The van der Waals surface area contributed by atoms with E-state index in [9.17, 15) is 9.59 Å². The summed E-state index contributed by atoms with van der Waals surface area (Å²) in [7, 11) is 0. The molecule has 1 atom stereocenters. The lowest BCUT2D eigenvalue weighted by atomic mass is 9.93. The number of carbonyl (C=O) groups excluding carboxylic acids is 2. The molecule has 1 N–H and O–H groups in total.